The highest BCUT2D eigenvalue weighted by Crippen LogP contribution is 2.38. The number of hydrogen-bond donors (Lipinski definition) is 0. The second kappa shape index (κ2) is 10.2. The molecule has 4 aromatic carbocycles. The van der Waals surface area contributed by atoms with Crippen molar-refractivity contribution in [1.29, 1.82) is 0 Å². The predicted molar refractivity (Wildman–Crippen MR) is 149 cm³/mol. The predicted octanol–water partition coefficient (Wildman–Crippen LogP) is 8.90. The average molecular weight is 449 g/mol. The summed E-state index contributed by atoms with van der Waals surface area (Å²) < 4.78 is 0. The van der Waals surface area contributed by atoms with E-state index in [1.165, 1.54) is 56.1 Å². The highest BCUT2D eigenvalue weighted by molar-refractivity contribution is 5.81. The lowest BCUT2D eigenvalue weighted by molar-refractivity contribution is 0.862. The van der Waals surface area contributed by atoms with Crippen LogP contribution in [0.1, 0.15) is 36.1 Å². The number of hydrogen-bond acceptors (Lipinski definition) is 2. The summed E-state index contributed by atoms with van der Waals surface area (Å²) in [6.45, 7) is 15.2. The lowest BCUT2D eigenvalue weighted by Gasteiger charge is -2.28. The summed E-state index contributed by atoms with van der Waals surface area (Å²) >= 11 is 0. The molecule has 0 atom stereocenters. The van der Waals surface area contributed by atoms with Crippen LogP contribution < -0.4 is 9.80 Å². The van der Waals surface area contributed by atoms with Crippen LogP contribution in [0.4, 0.5) is 22.7 Å². The number of aryl methyl sites for hydroxylation is 4. The molecule has 0 aliphatic heterocycles. The van der Waals surface area contributed by atoms with Gasteiger partial charge in [-0.15, -0.1) is 0 Å². The maximum Gasteiger partial charge on any atom is 0.0491 e. The van der Waals surface area contributed by atoms with E-state index in [1.807, 2.05) is 0 Å². The van der Waals surface area contributed by atoms with Crippen LogP contribution in [-0.4, -0.2) is 13.1 Å². The third-order valence-corrected chi connectivity index (χ3v) is 6.66. The molecule has 0 fully saturated rings. The Balaban J connectivity index is 1.75. The van der Waals surface area contributed by atoms with Gasteiger partial charge in [0.15, 0.2) is 0 Å². The van der Waals surface area contributed by atoms with Crippen molar-refractivity contribution in [3.63, 3.8) is 0 Å². The van der Waals surface area contributed by atoms with Crippen LogP contribution in [0.2, 0.25) is 0 Å². The fraction of sp³-hybridized carbons (Fsp3) is 0.250. The first-order chi connectivity index (χ1) is 16.4. The lowest BCUT2D eigenvalue weighted by atomic mass is 9.98. The van der Waals surface area contributed by atoms with E-state index < -0.39 is 0 Å². The molecule has 0 heterocycles. The van der Waals surface area contributed by atoms with Crippen LogP contribution in [0, 0.1) is 27.7 Å². The molecule has 2 nitrogen and oxygen atoms in total. The summed E-state index contributed by atoms with van der Waals surface area (Å²) in [5, 5.41) is 0. The molecule has 34 heavy (non-hydrogen) atoms. The van der Waals surface area contributed by atoms with Gasteiger partial charge in [-0.05, 0) is 112 Å². The SMILES string of the molecule is CCN(CC)c1ccc(-c2ccc(N(c3ccc(C)cc3)c3ccc(C)cc3)c(C)c2)cc1C. The Morgan fingerprint density at radius 2 is 0.912 bits per heavy atom. The minimum atomic E-state index is 1.03. The van der Waals surface area contributed by atoms with Crippen molar-refractivity contribution in [3.05, 3.63) is 107 Å². The van der Waals surface area contributed by atoms with Gasteiger partial charge in [-0.3, -0.25) is 0 Å². The molecule has 0 saturated heterocycles. The Morgan fingerprint density at radius 3 is 1.29 bits per heavy atom. The maximum atomic E-state index is 2.41. The number of rotatable bonds is 7. The number of benzene rings is 4. The topological polar surface area (TPSA) is 6.48 Å². The minimum absolute atomic E-state index is 1.03. The van der Waals surface area contributed by atoms with E-state index in [4.69, 9.17) is 0 Å². The van der Waals surface area contributed by atoms with Crippen LogP contribution in [0.3, 0.4) is 0 Å². The summed E-state index contributed by atoms with van der Waals surface area (Å²) in [5.74, 6) is 0. The van der Waals surface area contributed by atoms with Gasteiger partial charge in [0.1, 0.15) is 0 Å². The van der Waals surface area contributed by atoms with Gasteiger partial charge >= 0.3 is 0 Å². The van der Waals surface area contributed by atoms with Gasteiger partial charge in [0.2, 0.25) is 0 Å². The second-order valence-electron chi connectivity index (χ2n) is 9.18. The van der Waals surface area contributed by atoms with Crippen molar-refractivity contribution in [2.45, 2.75) is 41.5 Å². The van der Waals surface area contributed by atoms with E-state index in [1.54, 1.807) is 0 Å². The Kier molecular flexibility index (Phi) is 7.07. The molecule has 2 heteroatoms. The monoisotopic (exact) mass is 448 g/mol. The van der Waals surface area contributed by atoms with Crippen molar-refractivity contribution in [2.75, 3.05) is 22.9 Å². The van der Waals surface area contributed by atoms with Gasteiger partial charge in [-0.25, -0.2) is 0 Å². The van der Waals surface area contributed by atoms with Crippen LogP contribution in [0.15, 0.2) is 84.9 Å². The smallest absolute Gasteiger partial charge is 0.0491 e. The molecule has 0 bridgehead atoms. The van der Waals surface area contributed by atoms with Gasteiger partial charge in [0, 0.05) is 35.8 Å². The molecule has 0 N–H and O–H groups in total. The van der Waals surface area contributed by atoms with Crippen molar-refractivity contribution in [3.8, 4) is 11.1 Å². The van der Waals surface area contributed by atoms with Gasteiger partial charge in [0.25, 0.3) is 0 Å². The van der Waals surface area contributed by atoms with Crippen LogP contribution in [0.25, 0.3) is 11.1 Å². The highest BCUT2D eigenvalue weighted by atomic mass is 15.1. The van der Waals surface area contributed by atoms with E-state index in [-0.39, 0.29) is 0 Å². The van der Waals surface area contributed by atoms with E-state index in [2.05, 4.69) is 136 Å². The molecular formula is C32H36N2. The first kappa shape index (κ1) is 23.6. The highest BCUT2D eigenvalue weighted by Gasteiger charge is 2.15. The molecule has 4 rings (SSSR count). The lowest BCUT2D eigenvalue weighted by Crippen LogP contribution is -2.22. The van der Waals surface area contributed by atoms with Crippen molar-refractivity contribution < 1.29 is 0 Å². The Hall–Kier alpha value is -3.52. The molecule has 0 aliphatic carbocycles. The van der Waals surface area contributed by atoms with E-state index in [9.17, 15) is 0 Å². The first-order valence-electron chi connectivity index (χ1n) is 12.3. The summed E-state index contributed by atoms with van der Waals surface area (Å²) in [6.07, 6.45) is 0. The van der Waals surface area contributed by atoms with Crippen LogP contribution >= 0.6 is 0 Å². The molecule has 0 amide bonds. The largest absolute Gasteiger partial charge is 0.372 e. The second-order valence-corrected chi connectivity index (χ2v) is 9.18. The van der Waals surface area contributed by atoms with Gasteiger partial charge < -0.3 is 9.80 Å². The van der Waals surface area contributed by atoms with Crippen molar-refractivity contribution >= 4 is 22.7 Å². The van der Waals surface area contributed by atoms with Crippen LogP contribution in [0.5, 0.6) is 0 Å². The summed E-state index contributed by atoms with van der Waals surface area (Å²) in [5.41, 5.74) is 12.5. The standard InChI is InChI=1S/C32H36N2/c1-7-33(8-2)31-19-13-27(21-25(31)5)28-14-20-32(26(6)22-28)34(29-15-9-23(3)10-16-29)30-17-11-24(4)12-18-30/h9-22H,7-8H2,1-6H3. The summed E-state index contributed by atoms with van der Waals surface area (Å²) in [7, 11) is 0. The Labute approximate surface area is 205 Å². The molecule has 0 aromatic heterocycles. The molecular weight excluding hydrogens is 412 g/mol. The summed E-state index contributed by atoms with van der Waals surface area (Å²) in [4.78, 5) is 4.77. The van der Waals surface area contributed by atoms with E-state index in [0.29, 0.717) is 0 Å². The molecule has 0 radical (unpaired) electrons. The first-order valence-corrected chi connectivity index (χ1v) is 12.3. The van der Waals surface area contributed by atoms with Gasteiger partial charge in [-0.1, -0.05) is 47.5 Å². The Bertz CT molecular complexity index is 1200. The normalized spacial score (nSPS) is 10.9. The molecule has 0 aliphatic rings. The van der Waals surface area contributed by atoms with Crippen molar-refractivity contribution in [1.82, 2.24) is 0 Å². The van der Waals surface area contributed by atoms with Crippen molar-refractivity contribution in [2.24, 2.45) is 0 Å². The van der Waals surface area contributed by atoms with E-state index in [0.717, 1.165) is 13.1 Å². The molecule has 4 aromatic rings. The van der Waals surface area contributed by atoms with Crippen LogP contribution in [-0.2, 0) is 0 Å². The zero-order valence-electron chi connectivity index (χ0n) is 21.4. The molecule has 174 valence electrons. The van der Waals surface area contributed by atoms with Gasteiger partial charge in [0.05, 0.1) is 0 Å². The van der Waals surface area contributed by atoms with E-state index >= 15 is 0 Å². The zero-order chi connectivity index (χ0) is 24.2. The number of anilines is 4. The molecule has 0 saturated carbocycles. The summed E-state index contributed by atoms with van der Waals surface area (Å²) in [6, 6.07) is 31.2. The minimum Gasteiger partial charge on any atom is -0.372 e. The quantitative estimate of drug-likeness (QED) is 0.278. The number of nitrogens with zero attached hydrogens (tertiary/aromatic N) is 2. The molecule has 0 unspecified atom stereocenters. The fourth-order valence-electron chi connectivity index (χ4n) is 4.65. The maximum absolute atomic E-state index is 2.41. The zero-order valence-corrected chi connectivity index (χ0v) is 21.4. The Morgan fingerprint density at radius 1 is 0.500 bits per heavy atom. The average Bonchev–Trinajstić information content (AvgIpc) is 2.84. The third kappa shape index (κ3) is 4.87. The third-order valence-electron chi connectivity index (χ3n) is 6.66. The van der Waals surface area contributed by atoms with Gasteiger partial charge in [-0.2, -0.15) is 0 Å². The fourth-order valence-corrected chi connectivity index (χ4v) is 4.65. The molecule has 0 spiro atoms.